The van der Waals surface area contributed by atoms with Crippen LogP contribution in [0.3, 0.4) is 0 Å². The van der Waals surface area contributed by atoms with E-state index in [0.29, 0.717) is 29.1 Å². The number of likely N-dealkylation sites (tertiary alicyclic amines) is 1. The molecule has 8 heteroatoms. The summed E-state index contributed by atoms with van der Waals surface area (Å²) in [4.78, 5) is 20.8. The standard InChI is InChI=1S/C31H35N5O3/c1-34-29-23(9-21(12-27(29)38-2)31(37)36-14-20-7-8-24(36)28(20)32)33-30(34)26-11-19-6-5-18(22-15-39-16-22)10-25(19)35(26)13-17-3-4-17/h5-6,9-12,17,20,22,24,28H,3-4,7-8,13-16,32H2,1-2H3/t20?,24?,28-/m1/s1. The van der Waals surface area contributed by atoms with Gasteiger partial charge in [-0.25, -0.2) is 4.98 Å². The van der Waals surface area contributed by atoms with E-state index in [1.165, 1.54) is 29.3 Å². The lowest BCUT2D eigenvalue weighted by atomic mass is 9.97. The predicted molar refractivity (Wildman–Crippen MR) is 150 cm³/mol. The third-order valence-electron chi connectivity index (χ3n) is 9.72. The van der Waals surface area contributed by atoms with E-state index in [2.05, 4.69) is 33.4 Å². The number of nitrogens with two attached hydrogens (primary N) is 1. The summed E-state index contributed by atoms with van der Waals surface area (Å²) in [6, 6.07) is 13.1. The van der Waals surface area contributed by atoms with Crippen molar-refractivity contribution < 1.29 is 14.3 Å². The molecule has 2 saturated carbocycles. The second-order valence-electron chi connectivity index (χ2n) is 12.1. The molecule has 2 aliphatic heterocycles. The Hall–Kier alpha value is -3.36. The van der Waals surface area contributed by atoms with Crippen LogP contribution in [0.5, 0.6) is 5.75 Å². The minimum absolute atomic E-state index is 0.0282. The van der Waals surface area contributed by atoms with E-state index < -0.39 is 0 Å². The zero-order chi connectivity index (χ0) is 26.4. The molecule has 4 fully saturated rings. The lowest BCUT2D eigenvalue weighted by Crippen LogP contribution is -2.41. The maximum absolute atomic E-state index is 13.6. The van der Waals surface area contributed by atoms with Gasteiger partial charge in [0, 0.05) is 54.6 Å². The van der Waals surface area contributed by atoms with Crippen LogP contribution in [0.2, 0.25) is 0 Å². The number of imidazole rings is 1. The highest BCUT2D eigenvalue weighted by Gasteiger charge is 2.47. The van der Waals surface area contributed by atoms with Gasteiger partial charge in [-0.1, -0.05) is 12.1 Å². The van der Waals surface area contributed by atoms with Crippen molar-refractivity contribution in [2.75, 3.05) is 26.9 Å². The number of hydrogen-bond acceptors (Lipinski definition) is 5. The first kappa shape index (κ1) is 23.5. The number of carbonyl (C=O) groups is 1. The number of carbonyl (C=O) groups excluding carboxylic acids is 1. The lowest BCUT2D eigenvalue weighted by molar-refractivity contribution is 0.00846. The van der Waals surface area contributed by atoms with E-state index in [0.717, 1.165) is 61.7 Å². The van der Waals surface area contributed by atoms with Crippen molar-refractivity contribution in [3.05, 3.63) is 47.5 Å². The highest BCUT2D eigenvalue weighted by atomic mass is 16.5. The molecule has 0 spiro atoms. The van der Waals surface area contributed by atoms with Gasteiger partial charge >= 0.3 is 0 Å². The van der Waals surface area contributed by atoms with E-state index in [1.54, 1.807) is 7.11 Å². The number of piperidine rings is 1. The number of hydrogen-bond donors (Lipinski definition) is 1. The van der Waals surface area contributed by atoms with Crippen molar-refractivity contribution in [2.24, 2.45) is 24.6 Å². The zero-order valence-electron chi connectivity index (χ0n) is 22.6. The highest BCUT2D eigenvalue weighted by Crippen LogP contribution is 2.40. The molecule has 2 saturated heterocycles. The quantitative estimate of drug-likeness (QED) is 0.406. The monoisotopic (exact) mass is 525 g/mol. The molecule has 4 heterocycles. The number of ether oxygens (including phenoxy) is 2. The van der Waals surface area contributed by atoms with Crippen molar-refractivity contribution >= 4 is 27.8 Å². The Morgan fingerprint density at radius 2 is 1.97 bits per heavy atom. The Kier molecular flexibility index (Phi) is 5.17. The third-order valence-corrected chi connectivity index (χ3v) is 9.72. The molecular formula is C31H35N5O3. The van der Waals surface area contributed by atoms with Crippen LogP contribution in [-0.4, -0.2) is 63.9 Å². The van der Waals surface area contributed by atoms with E-state index in [1.807, 2.05) is 24.1 Å². The molecule has 3 atom stereocenters. The van der Waals surface area contributed by atoms with E-state index in [-0.39, 0.29) is 18.0 Å². The molecule has 39 heavy (non-hydrogen) atoms. The lowest BCUT2D eigenvalue weighted by Gasteiger charge is -2.27. The van der Waals surface area contributed by atoms with Crippen LogP contribution in [0.1, 0.15) is 47.5 Å². The molecule has 1 amide bonds. The number of benzene rings is 2. The average Bonchev–Trinajstić information content (AvgIpc) is 3.32. The molecule has 2 aromatic heterocycles. The van der Waals surface area contributed by atoms with Gasteiger partial charge in [0.15, 0.2) is 5.82 Å². The maximum Gasteiger partial charge on any atom is 0.254 e. The van der Waals surface area contributed by atoms with Crippen molar-refractivity contribution in [3.63, 3.8) is 0 Å². The van der Waals surface area contributed by atoms with Gasteiger partial charge in [-0.3, -0.25) is 4.79 Å². The number of nitrogens with zero attached hydrogens (tertiary/aromatic N) is 4. The summed E-state index contributed by atoms with van der Waals surface area (Å²) in [6.07, 6.45) is 4.66. The molecule has 8 nitrogen and oxygen atoms in total. The Bertz CT molecular complexity index is 1630. The average molecular weight is 526 g/mol. The smallest absolute Gasteiger partial charge is 0.254 e. The molecule has 2 aliphatic carbocycles. The second kappa shape index (κ2) is 8.57. The van der Waals surface area contributed by atoms with E-state index in [4.69, 9.17) is 20.2 Å². The van der Waals surface area contributed by atoms with Gasteiger partial charge in [-0.15, -0.1) is 0 Å². The van der Waals surface area contributed by atoms with Crippen LogP contribution in [0.4, 0.5) is 0 Å². The summed E-state index contributed by atoms with van der Waals surface area (Å²) >= 11 is 0. The van der Waals surface area contributed by atoms with Crippen LogP contribution in [0.15, 0.2) is 36.4 Å². The van der Waals surface area contributed by atoms with Crippen LogP contribution in [-0.2, 0) is 18.3 Å². The van der Waals surface area contributed by atoms with E-state index in [9.17, 15) is 4.79 Å². The minimum atomic E-state index is 0.0282. The van der Waals surface area contributed by atoms with Crippen molar-refractivity contribution in [1.82, 2.24) is 19.0 Å². The first-order chi connectivity index (χ1) is 19.0. The largest absolute Gasteiger partial charge is 0.494 e. The molecule has 0 radical (unpaired) electrons. The molecule has 8 rings (SSSR count). The van der Waals surface area contributed by atoms with Gasteiger partial charge in [-0.05, 0) is 67.3 Å². The molecular weight excluding hydrogens is 490 g/mol. The van der Waals surface area contributed by atoms with Crippen LogP contribution < -0.4 is 10.5 Å². The first-order valence-electron chi connectivity index (χ1n) is 14.3. The molecule has 2 unspecified atom stereocenters. The fourth-order valence-corrected chi connectivity index (χ4v) is 7.16. The number of rotatable bonds is 6. The van der Waals surface area contributed by atoms with Crippen LogP contribution in [0.25, 0.3) is 33.5 Å². The molecule has 2 aromatic carbocycles. The van der Waals surface area contributed by atoms with Crippen LogP contribution in [0, 0.1) is 11.8 Å². The van der Waals surface area contributed by atoms with Crippen molar-refractivity contribution in [3.8, 4) is 17.3 Å². The van der Waals surface area contributed by atoms with Crippen molar-refractivity contribution in [1.29, 1.82) is 0 Å². The van der Waals surface area contributed by atoms with Crippen molar-refractivity contribution in [2.45, 2.75) is 50.2 Å². The van der Waals surface area contributed by atoms with Gasteiger partial charge in [0.25, 0.3) is 5.91 Å². The Labute approximate surface area is 227 Å². The predicted octanol–water partition coefficient (Wildman–Crippen LogP) is 4.29. The summed E-state index contributed by atoms with van der Waals surface area (Å²) in [5.41, 5.74) is 12.4. The number of amides is 1. The third kappa shape index (κ3) is 3.57. The van der Waals surface area contributed by atoms with Gasteiger partial charge in [0.2, 0.25) is 0 Å². The Morgan fingerprint density at radius 1 is 1.13 bits per heavy atom. The van der Waals surface area contributed by atoms with E-state index >= 15 is 0 Å². The minimum Gasteiger partial charge on any atom is -0.494 e. The maximum atomic E-state index is 13.6. The van der Waals surface area contributed by atoms with Gasteiger partial charge in [0.05, 0.1) is 31.5 Å². The number of methoxy groups -OCH3 is 1. The topological polar surface area (TPSA) is 87.5 Å². The first-order valence-corrected chi connectivity index (χ1v) is 14.3. The number of aromatic nitrogens is 3. The molecule has 4 aliphatic rings. The van der Waals surface area contributed by atoms with Gasteiger partial charge < -0.3 is 29.2 Å². The molecule has 202 valence electrons. The summed E-state index contributed by atoms with van der Waals surface area (Å²) in [5.74, 6) is 3.20. The highest BCUT2D eigenvalue weighted by molar-refractivity contribution is 6.00. The SMILES string of the molecule is COc1cc(C(=O)N2CC3CCC2[C@@H]3N)cc2nc(-c3cc4ccc(C5COC5)cc4n3CC3CC3)n(C)c12. The number of fused-ring (bicyclic) bond motifs is 4. The zero-order valence-corrected chi connectivity index (χ0v) is 22.6. The Balaban J connectivity index is 1.24. The van der Waals surface area contributed by atoms with Crippen LogP contribution >= 0.6 is 0 Å². The molecule has 4 aromatic rings. The normalized spacial score (nSPS) is 24.7. The van der Waals surface area contributed by atoms with Gasteiger partial charge in [-0.2, -0.15) is 0 Å². The fourth-order valence-electron chi connectivity index (χ4n) is 7.16. The summed E-state index contributed by atoms with van der Waals surface area (Å²) in [6.45, 7) is 3.34. The molecule has 2 bridgehead atoms. The number of aryl methyl sites for hydroxylation is 1. The Morgan fingerprint density at radius 3 is 2.64 bits per heavy atom. The summed E-state index contributed by atoms with van der Waals surface area (Å²) in [7, 11) is 3.71. The molecule has 2 N–H and O–H groups in total. The second-order valence-corrected chi connectivity index (χ2v) is 12.1. The van der Waals surface area contributed by atoms with Gasteiger partial charge in [0.1, 0.15) is 11.3 Å². The summed E-state index contributed by atoms with van der Waals surface area (Å²) < 4.78 is 15.9. The summed E-state index contributed by atoms with van der Waals surface area (Å²) in [5, 5.41) is 1.23. The fraction of sp³-hybridized carbons (Fsp3) is 0.484.